The highest BCUT2D eigenvalue weighted by atomic mass is 16.3. The fourth-order valence-corrected chi connectivity index (χ4v) is 3.69. The van der Waals surface area contributed by atoms with Gasteiger partial charge in [-0.05, 0) is 31.2 Å². The van der Waals surface area contributed by atoms with Crippen molar-refractivity contribution < 1.29 is 9.90 Å². The van der Waals surface area contributed by atoms with E-state index in [0.29, 0.717) is 33.7 Å². The van der Waals surface area contributed by atoms with Crippen LogP contribution in [0.4, 0.5) is 0 Å². The van der Waals surface area contributed by atoms with Crippen molar-refractivity contribution in [3.63, 3.8) is 0 Å². The summed E-state index contributed by atoms with van der Waals surface area (Å²) in [7, 11) is 0. The fraction of sp³-hybridized carbons (Fsp3) is 0.0400. The van der Waals surface area contributed by atoms with Crippen molar-refractivity contribution in [1.29, 1.82) is 0 Å². The maximum Gasteiger partial charge on any atom is 0.297 e. The number of rotatable bonds is 3. The second kappa shape index (κ2) is 7.63. The molecule has 5 rings (SSSR count). The standard InChI is InChI=1S/C25H18N4O3/c1-16-26-21(15-18-11-5-8-14-22(18)30)25(32)28(16)29-23(17-9-3-2-4-10-17)27-20-13-7-6-12-19(20)24(29)31/h2-15,30H,1H3. The molecule has 7 heteroatoms. The molecule has 1 aromatic heterocycles. The van der Waals surface area contributed by atoms with Gasteiger partial charge in [0.05, 0.1) is 10.9 Å². The van der Waals surface area contributed by atoms with Crippen LogP contribution in [0.1, 0.15) is 12.5 Å². The Morgan fingerprint density at radius 2 is 1.56 bits per heavy atom. The molecule has 1 aliphatic rings. The third kappa shape index (κ3) is 3.16. The van der Waals surface area contributed by atoms with E-state index in [2.05, 4.69) is 4.99 Å². The Kier molecular flexibility index (Phi) is 4.63. The van der Waals surface area contributed by atoms with E-state index in [1.54, 1.807) is 43.3 Å². The van der Waals surface area contributed by atoms with Crippen molar-refractivity contribution in [1.82, 2.24) is 9.66 Å². The van der Waals surface area contributed by atoms with E-state index in [9.17, 15) is 14.7 Å². The maximum absolute atomic E-state index is 13.5. The first kappa shape index (κ1) is 19.4. The summed E-state index contributed by atoms with van der Waals surface area (Å²) in [5.74, 6) is 0.213. The summed E-state index contributed by atoms with van der Waals surface area (Å²) in [6, 6.07) is 22.9. The van der Waals surface area contributed by atoms with E-state index in [0.717, 1.165) is 0 Å². The maximum atomic E-state index is 13.5. The quantitative estimate of drug-likeness (QED) is 0.510. The molecule has 0 bridgehead atoms. The molecule has 4 aromatic rings. The predicted molar refractivity (Wildman–Crippen MR) is 124 cm³/mol. The van der Waals surface area contributed by atoms with Crippen molar-refractivity contribution in [3.8, 4) is 17.1 Å². The first-order chi connectivity index (χ1) is 15.5. The van der Waals surface area contributed by atoms with Crippen LogP contribution in [0.2, 0.25) is 0 Å². The highest BCUT2D eigenvalue weighted by Crippen LogP contribution is 2.25. The monoisotopic (exact) mass is 422 g/mol. The van der Waals surface area contributed by atoms with Crippen LogP contribution in [0.3, 0.4) is 0 Å². The number of amides is 1. The van der Waals surface area contributed by atoms with Gasteiger partial charge in [-0.15, -0.1) is 0 Å². The van der Waals surface area contributed by atoms with E-state index in [1.165, 1.54) is 21.8 Å². The molecular weight excluding hydrogens is 404 g/mol. The van der Waals surface area contributed by atoms with Crippen LogP contribution in [0, 0.1) is 0 Å². The zero-order valence-corrected chi connectivity index (χ0v) is 17.1. The highest BCUT2D eigenvalue weighted by Gasteiger charge is 2.32. The topological polar surface area (TPSA) is 87.8 Å². The van der Waals surface area contributed by atoms with Gasteiger partial charge in [0.25, 0.3) is 11.5 Å². The molecule has 7 nitrogen and oxygen atoms in total. The molecule has 3 aromatic carbocycles. The first-order valence-corrected chi connectivity index (χ1v) is 10.0. The Bertz CT molecular complexity index is 1490. The molecule has 1 N–H and O–H groups in total. The smallest absolute Gasteiger partial charge is 0.297 e. The number of benzene rings is 3. The number of carbonyl (C=O) groups is 1. The lowest BCUT2D eigenvalue weighted by molar-refractivity contribution is -0.115. The van der Waals surface area contributed by atoms with Gasteiger partial charge in [-0.3, -0.25) is 9.59 Å². The molecular formula is C25H18N4O3. The summed E-state index contributed by atoms with van der Waals surface area (Å²) in [5.41, 5.74) is 1.43. The Morgan fingerprint density at radius 1 is 0.875 bits per heavy atom. The molecule has 156 valence electrons. The average Bonchev–Trinajstić information content (AvgIpc) is 3.08. The van der Waals surface area contributed by atoms with Crippen LogP contribution in [0.5, 0.6) is 5.75 Å². The van der Waals surface area contributed by atoms with Crippen molar-refractivity contribution in [2.45, 2.75) is 6.92 Å². The molecule has 0 atom stereocenters. The molecule has 0 saturated heterocycles. The van der Waals surface area contributed by atoms with Gasteiger partial charge in [-0.2, -0.15) is 9.69 Å². The van der Waals surface area contributed by atoms with E-state index in [1.807, 2.05) is 36.4 Å². The van der Waals surface area contributed by atoms with Crippen molar-refractivity contribution >= 4 is 28.7 Å². The van der Waals surface area contributed by atoms with Crippen LogP contribution in [-0.2, 0) is 4.79 Å². The van der Waals surface area contributed by atoms with E-state index in [4.69, 9.17) is 4.98 Å². The number of hydrogen-bond donors (Lipinski definition) is 1. The van der Waals surface area contributed by atoms with Crippen LogP contribution >= 0.6 is 0 Å². The molecule has 0 radical (unpaired) electrons. The summed E-state index contributed by atoms with van der Waals surface area (Å²) in [6.45, 7) is 1.65. The Hall–Kier alpha value is -4.52. The summed E-state index contributed by atoms with van der Waals surface area (Å²) in [4.78, 5) is 36.0. The van der Waals surface area contributed by atoms with Gasteiger partial charge >= 0.3 is 0 Å². The lowest BCUT2D eigenvalue weighted by Crippen LogP contribution is -2.47. The molecule has 0 aliphatic carbocycles. The highest BCUT2D eigenvalue weighted by molar-refractivity contribution is 6.24. The Labute approximate surface area is 183 Å². The van der Waals surface area contributed by atoms with Gasteiger partial charge in [0, 0.05) is 11.1 Å². The number of aromatic nitrogens is 2. The number of fused-ring (bicyclic) bond motifs is 1. The van der Waals surface area contributed by atoms with E-state index < -0.39 is 5.91 Å². The van der Waals surface area contributed by atoms with Gasteiger partial charge < -0.3 is 5.11 Å². The minimum atomic E-state index is -0.484. The largest absolute Gasteiger partial charge is 0.507 e. The second-order valence-electron chi connectivity index (χ2n) is 7.30. The minimum Gasteiger partial charge on any atom is -0.507 e. The lowest BCUT2D eigenvalue weighted by atomic mass is 10.1. The lowest BCUT2D eigenvalue weighted by Gasteiger charge is -2.22. The molecule has 0 saturated carbocycles. The fourth-order valence-electron chi connectivity index (χ4n) is 3.69. The van der Waals surface area contributed by atoms with Crippen molar-refractivity contribution in [2.75, 3.05) is 5.01 Å². The number of amidine groups is 1. The number of carbonyl (C=O) groups excluding carboxylic acids is 1. The molecule has 0 fully saturated rings. The number of phenols is 1. The summed E-state index contributed by atoms with van der Waals surface area (Å²) in [5, 5.41) is 11.7. The number of nitrogens with zero attached hydrogens (tertiary/aromatic N) is 4. The van der Waals surface area contributed by atoms with E-state index >= 15 is 0 Å². The molecule has 1 amide bonds. The minimum absolute atomic E-state index is 0.0358. The number of aromatic hydroxyl groups is 1. The van der Waals surface area contributed by atoms with Gasteiger partial charge in [-0.25, -0.2) is 9.98 Å². The van der Waals surface area contributed by atoms with Crippen LogP contribution < -0.4 is 10.6 Å². The number of aliphatic imine (C=N–C) groups is 1. The zero-order valence-electron chi connectivity index (χ0n) is 17.1. The molecule has 0 unspecified atom stereocenters. The van der Waals surface area contributed by atoms with Crippen molar-refractivity contribution in [3.05, 3.63) is 100 Å². The van der Waals surface area contributed by atoms with Gasteiger partial charge in [0.15, 0.2) is 5.82 Å². The van der Waals surface area contributed by atoms with Crippen LogP contribution in [-0.4, -0.2) is 26.5 Å². The van der Waals surface area contributed by atoms with Crippen LogP contribution in [0.25, 0.3) is 28.4 Å². The SMILES string of the molecule is CC1=NC(=Cc2ccccc2O)C(=O)N1n1c(-c2ccccc2)nc2ccccc2c1=O. The second-order valence-corrected chi connectivity index (χ2v) is 7.30. The number of para-hydroxylation sites is 2. The summed E-state index contributed by atoms with van der Waals surface area (Å²) >= 11 is 0. The van der Waals surface area contributed by atoms with Gasteiger partial charge in [0.1, 0.15) is 17.3 Å². The molecule has 2 heterocycles. The normalized spacial score (nSPS) is 14.9. The number of phenolic OH excluding ortho intramolecular Hbond substituents is 1. The Morgan fingerprint density at radius 3 is 2.34 bits per heavy atom. The molecule has 32 heavy (non-hydrogen) atoms. The summed E-state index contributed by atoms with van der Waals surface area (Å²) in [6.07, 6.45) is 1.50. The third-order valence-corrected chi connectivity index (χ3v) is 5.22. The number of hydrogen-bond acceptors (Lipinski definition) is 5. The third-order valence-electron chi connectivity index (χ3n) is 5.22. The van der Waals surface area contributed by atoms with Gasteiger partial charge in [-0.1, -0.05) is 60.7 Å². The van der Waals surface area contributed by atoms with Crippen molar-refractivity contribution in [2.24, 2.45) is 4.99 Å². The first-order valence-electron chi connectivity index (χ1n) is 10.0. The van der Waals surface area contributed by atoms with Crippen LogP contribution in [0.15, 0.2) is 94.3 Å². The van der Waals surface area contributed by atoms with Gasteiger partial charge in [0.2, 0.25) is 0 Å². The average molecular weight is 422 g/mol. The molecule has 1 aliphatic heterocycles. The van der Waals surface area contributed by atoms with E-state index in [-0.39, 0.29) is 17.0 Å². The zero-order chi connectivity index (χ0) is 22.2. The Balaban J connectivity index is 1.72. The summed E-state index contributed by atoms with van der Waals surface area (Å²) < 4.78 is 1.27. The molecule has 0 spiro atoms. The predicted octanol–water partition coefficient (Wildman–Crippen LogP) is 3.71.